The van der Waals surface area contributed by atoms with Gasteiger partial charge in [-0.1, -0.05) is 76.2 Å². The van der Waals surface area contributed by atoms with Crippen molar-refractivity contribution in [3.63, 3.8) is 0 Å². The molecule has 12 heteroatoms. The first-order valence-corrected chi connectivity index (χ1v) is 19.3. The lowest BCUT2D eigenvalue weighted by atomic mass is 9.91. The van der Waals surface area contributed by atoms with Crippen molar-refractivity contribution in [1.29, 1.82) is 0 Å². The Morgan fingerprint density at radius 3 is 0.780 bits per heavy atom. The van der Waals surface area contributed by atoms with Crippen LogP contribution in [0.3, 0.4) is 0 Å². The van der Waals surface area contributed by atoms with Gasteiger partial charge in [-0.2, -0.15) is 0 Å². The third-order valence-corrected chi connectivity index (χ3v) is 8.77. The molecule has 0 saturated carbocycles. The summed E-state index contributed by atoms with van der Waals surface area (Å²) in [5, 5.41) is 0. The van der Waals surface area contributed by atoms with Gasteiger partial charge in [-0.05, 0) is 119 Å². The largest absolute Gasteiger partial charge is 0.524 e. The van der Waals surface area contributed by atoms with Gasteiger partial charge >= 0.3 is 15.6 Å². The minimum atomic E-state index is -4.61. The van der Waals surface area contributed by atoms with Crippen LogP contribution in [-0.2, 0) is 9.13 Å². The molecule has 4 rings (SSSR count). The highest BCUT2D eigenvalue weighted by atomic mass is 31.2. The highest BCUT2D eigenvalue weighted by Gasteiger charge is 2.18. The van der Waals surface area contributed by atoms with E-state index < -0.39 is 15.6 Å². The molecule has 0 fully saturated rings. The van der Waals surface area contributed by atoms with Crippen molar-refractivity contribution >= 4 is 37.9 Å². The second-order valence-corrected chi connectivity index (χ2v) is 13.3. The third kappa shape index (κ3) is 12.0. The van der Waals surface area contributed by atoms with Crippen LogP contribution in [0.2, 0.25) is 0 Å². The van der Waals surface area contributed by atoms with Crippen LogP contribution in [0.4, 0.5) is 0 Å². The van der Waals surface area contributed by atoms with E-state index in [-0.39, 0.29) is 11.5 Å². The minimum Gasteiger partial charge on any atom is -0.497 e. The minimum absolute atomic E-state index is 0.0736. The smallest absolute Gasteiger partial charge is 0.497 e. The molecule has 0 aliphatic rings. The molecule has 10 nitrogen and oxygen atoms in total. The van der Waals surface area contributed by atoms with E-state index in [1.807, 2.05) is 38.1 Å². The van der Waals surface area contributed by atoms with Crippen LogP contribution in [0.25, 0.3) is 22.3 Å². The fourth-order valence-electron chi connectivity index (χ4n) is 5.66. The number of hydrogen-bond acceptors (Lipinski definition) is 6. The van der Waals surface area contributed by atoms with Gasteiger partial charge in [0.15, 0.2) is 0 Å². The van der Waals surface area contributed by atoms with Gasteiger partial charge in [0.2, 0.25) is 0 Å². The first kappa shape index (κ1) is 40.3. The van der Waals surface area contributed by atoms with Crippen molar-refractivity contribution < 1.29 is 47.2 Å². The lowest BCUT2D eigenvalue weighted by molar-refractivity contribution is 0.281. The number of benzene rings is 4. The van der Waals surface area contributed by atoms with Gasteiger partial charge in [0.25, 0.3) is 0 Å². The summed E-state index contributed by atoms with van der Waals surface area (Å²) in [6, 6.07) is 29.5. The Labute approximate surface area is 294 Å². The maximum atomic E-state index is 10.9. The summed E-state index contributed by atoms with van der Waals surface area (Å²) < 4.78 is 41.5. The van der Waals surface area contributed by atoms with Crippen LogP contribution in [0.1, 0.15) is 75.6 Å². The molecule has 50 heavy (non-hydrogen) atoms. The second kappa shape index (κ2) is 18.7. The normalized spacial score (nSPS) is 12.5. The van der Waals surface area contributed by atoms with E-state index in [0.29, 0.717) is 12.8 Å². The molecule has 0 spiro atoms. The SMILES string of the molecule is CC/C(=C(/CC)c1ccc(OC)cc1)c1ccc(OC)cc1.CC/C(=C(/CC)c1ccc(OP(=O)(O)O)cc1)c1ccc(OP(=O)(O)O)cc1. The molecule has 268 valence electrons. The summed E-state index contributed by atoms with van der Waals surface area (Å²) in [6.07, 6.45) is 3.42. The van der Waals surface area contributed by atoms with Gasteiger partial charge in [-0.25, -0.2) is 9.13 Å². The van der Waals surface area contributed by atoms with Crippen LogP contribution in [0.5, 0.6) is 23.0 Å². The molecule has 4 N–H and O–H groups in total. The predicted molar refractivity (Wildman–Crippen MR) is 199 cm³/mol. The summed E-state index contributed by atoms with van der Waals surface area (Å²) in [6.45, 7) is 8.41. The summed E-state index contributed by atoms with van der Waals surface area (Å²) in [5.41, 5.74) is 9.13. The molecule has 0 heterocycles. The van der Waals surface area contributed by atoms with Gasteiger partial charge in [0.1, 0.15) is 23.0 Å². The fraction of sp³-hybridized carbons (Fsp3) is 0.263. The summed E-state index contributed by atoms with van der Waals surface area (Å²) in [4.78, 5) is 35.5. The zero-order valence-electron chi connectivity index (χ0n) is 29.2. The number of rotatable bonds is 14. The molecule has 0 bridgehead atoms. The molecule has 0 saturated heterocycles. The summed E-state index contributed by atoms with van der Waals surface area (Å²) in [7, 11) is -5.82. The highest BCUT2D eigenvalue weighted by molar-refractivity contribution is 7.47. The molecule has 0 unspecified atom stereocenters. The third-order valence-electron chi connectivity index (χ3n) is 7.87. The predicted octanol–water partition coefficient (Wildman–Crippen LogP) is 9.79. The average Bonchev–Trinajstić information content (AvgIpc) is 3.09. The Hall–Kier alpha value is -4.14. The Kier molecular flexibility index (Phi) is 15.1. The van der Waals surface area contributed by atoms with Crippen molar-refractivity contribution in [2.75, 3.05) is 14.2 Å². The number of phosphoric ester groups is 2. The van der Waals surface area contributed by atoms with Crippen LogP contribution in [0, 0.1) is 0 Å². The topological polar surface area (TPSA) is 152 Å². The van der Waals surface area contributed by atoms with Crippen molar-refractivity contribution in [3.05, 3.63) is 119 Å². The number of methoxy groups -OCH3 is 2. The maximum Gasteiger partial charge on any atom is 0.524 e. The first-order chi connectivity index (χ1) is 23.7. The number of ether oxygens (including phenoxy) is 2. The summed E-state index contributed by atoms with van der Waals surface area (Å²) >= 11 is 0. The molecule has 0 aliphatic carbocycles. The van der Waals surface area contributed by atoms with Gasteiger partial charge in [-0.15, -0.1) is 0 Å². The summed E-state index contributed by atoms with van der Waals surface area (Å²) in [5.74, 6) is 1.93. The molecule has 4 aromatic rings. The van der Waals surface area contributed by atoms with Crippen molar-refractivity contribution in [2.24, 2.45) is 0 Å². The number of phosphoric acid groups is 2. The van der Waals surface area contributed by atoms with Gasteiger partial charge < -0.3 is 18.5 Å². The number of hydrogen-bond donors (Lipinski definition) is 4. The van der Waals surface area contributed by atoms with Crippen LogP contribution < -0.4 is 18.5 Å². The lowest BCUT2D eigenvalue weighted by Gasteiger charge is -2.15. The van der Waals surface area contributed by atoms with E-state index >= 15 is 0 Å². The molecule has 4 aromatic carbocycles. The van der Waals surface area contributed by atoms with E-state index in [1.54, 1.807) is 38.5 Å². The second-order valence-electron chi connectivity index (χ2n) is 11.0. The van der Waals surface area contributed by atoms with Gasteiger partial charge in [0.05, 0.1) is 14.2 Å². The zero-order valence-corrected chi connectivity index (χ0v) is 31.0. The zero-order chi connectivity index (χ0) is 36.9. The average molecular weight is 725 g/mol. The van der Waals surface area contributed by atoms with E-state index in [9.17, 15) is 9.13 Å². The van der Waals surface area contributed by atoms with E-state index in [1.165, 1.54) is 46.5 Å². The Bertz CT molecular complexity index is 1680. The molecule has 0 aliphatic heterocycles. The highest BCUT2D eigenvalue weighted by Crippen LogP contribution is 2.40. The molecular formula is C38H46O10P2. The standard InChI is InChI=1S/C20H24O2.C18H22O8P2/c1-5-19(15-7-11-17(21-3)12-8-15)20(6-2)16-9-13-18(22-4)14-10-16;1-3-17(13-5-9-15(10-6-13)25-27(19,20)21)18(4-2)14-7-11-16(12-8-14)26-28(22,23)24/h7-14H,5-6H2,1-4H3;5-12H,3-4H2,1-2H3,(H2,19,20,21)(H2,22,23,24)/b20-19+;18-17+. The quantitative estimate of drug-likeness (QED) is 0.0730. The molecule has 0 atom stereocenters. The molecule has 0 radical (unpaired) electrons. The first-order valence-electron chi connectivity index (χ1n) is 16.2. The van der Waals surface area contributed by atoms with Gasteiger partial charge in [0, 0.05) is 0 Å². The Morgan fingerprint density at radius 1 is 0.420 bits per heavy atom. The van der Waals surface area contributed by atoms with Crippen LogP contribution in [-0.4, -0.2) is 33.8 Å². The monoisotopic (exact) mass is 724 g/mol. The van der Waals surface area contributed by atoms with E-state index in [4.69, 9.17) is 29.0 Å². The molecule has 0 aromatic heterocycles. The number of allylic oxidation sites excluding steroid dienone is 4. The maximum absolute atomic E-state index is 10.9. The van der Waals surface area contributed by atoms with E-state index in [0.717, 1.165) is 46.6 Å². The van der Waals surface area contributed by atoms with Crippen molar-refractivity contribution in [1.82, 2.24) is 0 Å². The van der Waals surface area contributed by atoms with Crippen molar-refractivity contribution in [3.8, 4) is 23.0 Å². The van der Waals surface area contributed by atoms with Crippen LogP contribution >= 0.6 is 15.6 Å². The Morgan fingerprint density at radius 2 is 0.620 bits per heavy atom. The fourth-order valence-corrected chi connectivity index (χ4v) is 6.45. The van der Waals surface area contributed by atoms with Crippen molar-refractivity contribution in [2.45, 2.75) is 53.4 Å². The van der Waals surface area contributed by atoms with Gasteiger partial charge in [-0.3, -0.25) is 19.6 Å². The van der Waals surface area contributed by atoms with E-state index in [2.05, 4.69) is 47.2 Å². The molecular weight excluding hydrogens is 678 g/mol. The molecule has 0 amide bonds. The Balaban J connectivity index is 0.000000278. The van der Waals surface area contributed by atoms with Crippen LogP contribution in [0.15, 0.2) is 97.1 Å². The lowest BCUT2D eigenvalue weighted by Crippen LogP contribution is -1.94.